The Balaban J connectivity index is 2.24. The van der Waals surface area contributed by atoms with E-state index in [1.54, 1.807) is 6.21 Å². The first kappa shape index (κ1) is 14.1. The number of piperidine rings is 1. The summed E-state index contributed by atoms with van der Waals surface area (Å²) in [5, 5.41) is 3.67. The largest absolute Gasteiger partial charge is 0.323 e. The molecule has 1 aliphatic heterocycles. The minimum atomic E-state index is 0.695. The fourth-order valence-corrected chi connectivity index (χ4v) is 2.95. The van der Waals surface area contributed by atoms with Gasteiger partial charge in [-0.2, -0.15) is 5.10 Å². The number of benzene rings is 1. The minimum Gasteiger partial charge on any atom is -0.323 e. The number of hydrogen-bond acceptors (Lipinski definition) is 3. The molecule has 1 aliphatic rings. The Morgan fingerprint density at radius 3 is 2.84 bits per heavy atom. The van der Waals surface area contributed by atoms with E-state index >= 15 is 0 Å². The van der Waals surface area contributed by atoms with Gasteiger partial charge in [-0.05, 0) is 56.8 Å². The van der Waals surface area contributed by atoms with Crippen LogP contribution in [0.15, 0.2) is 17.2 Å². The molecule has 3 heteroatoms. The summed E-state index contributed by atoms with van der Waals surface area (Å²) >= 11 is 0. The number of aryl methyl sites for hydroxylation is 1. The van der Waals surface area contributed by atoms with Crippen LogP contribution in [0, 0.1) is 13.8 Å². The van der Waals surface area contributed by atoms with Gasteiger partial charge < -0.3 is 5.84 Å². The third kappa shape index (κ3) is 3.35. The van der Waals surface area contributed by atoms with Gasteiger partial charge in [0.2, 0.25) is 0 Å². The zero-order valence-corrected chi connectivity index (χ0v) is 12.3. The number of rotatable bonds is 3. The molecule has 104 valence electrons. The minimum absolute atomic E-state index is 0.695. The Labute approximate surface area is 116 Å². The van der Waals surface area contributed by atoms with Gasteiger partial charge in [0.25, 0.3) is 0 Å². The van der Waals surface area contributed by atoms with Crippen molar-refractivity contribution in [2.45, 2.75) is 52.6 Å². The Morgan fingerprint density at radius 1 is 1.37 bits per heavy atom. The third-order valence-electron chi connectivity index (χ3n) is 4.23. The maximum Gasteiger partial charge on any atom is 0.0540 e. The first-order chi connectivity index (χ1) is 9.11. The Kier molecular flexibility index (Phi) is 4.59. The smallest absolute Gasteiger partial charge is 0.0540 e. The van der Waals surface area contributed by atoms with E-state index in [9.17, 15) is 0 Å². The predicted molar refractivity (Wildman–Crippen MR) is 81.4 cm³/mol. The van der Waals surface area contributed by atoms with Crippen LogP contribution >= 0.6 is 0 Å². The highest BCUT2D eigenvalue weighted by atomic mass is 15.2. The van der Waals surface area contributed by atoms with Gasteiger partial charge in [0.15, 0.2) is 0 Å². The molecule has 0 aromatic heterocycles. The average molecular weight is 259 g/mol. The lowest BCUT2D eigenvalue weighted by molar-refractivity contribution is 0.152. The molecule has 19 heavy (non-hydrogen) atoms. The van der Waals surface area contributed by atoms with Gasteiger partial charge in [-0.15, -0.1) is 0 Å². The predicted octanol–water partition coefficient (Wildman–Crippen LogP) is 2.97. The van der Waals surface area contributed by atoms with E-state index in [-0.39, 0.29) is 0 Å². The van der Waals surface area contributed by atoms with Gasteiger partial charge in [0.1, 0.15) is 0 Å². The van der Waals surface area contributed by atoms with Gasteiger partial charge in [-0.1, -0.05) is 24.1 Å². The van der Waals surface area contributed by atoms with Crippen molar-refractivity contribution in [3.8, 4) is 0 Å². The van der Waals surface area contributed by atoms with Crippen LogP contribution < -0.4 is 5.84 Å². The SMILES string of the molecule is Cc1cc(C=NN)c(C)c(CN2CCCCC2C)c1. The molecular formula is C16H25N3. The molecule has 3 nitrogen and oxygen atoms in total. The first-order valence-electron chi connectivity index (χ1n) is 7.19. The van der Waals surface area contributed by atoms with E-state index in [2.05, 4.69) is 42.9 Å². The number of hydrogen-bond donors (Lipinski definition) is 1. The van der Waals surface area contributed by atoms with Crippen molar-refractivity contribution < 1.29 is 0 Å². The van der Waals surface area contributed by atoms with E-state index in [1.165, 1.54) is 42.5 Å². The molecule has 1 aromatic rings. The summed E-state index contributed by atoms with van der Waals surface area (Å²) in [5.74, 6) is 5.29. The van der Waals surface area contributed by atoms with Crippen LogP contribution in [0.25, 0.3) is 0 Å². The lowest BCUT2D eigenvalue weighted by Crippen LogP contribution is -2.37. The van der Waals surface area contributed by atoms with Crippen molar-refractivity contribution in [1.29, 1.82) is 0 Å². The zero-order chi connectivity index (χ0) is 13.8. The third-order valence-corrected chi connectivity index (χ3v) is 4.23. The van der Waals surface area contributed by atoms with Crippen molar-refractivity contribution in [2.75, 3.05) is 6.54 Å². The van der Waals surface area contributed by atoms with Crippen molar-refractivity contribution in [1.82, 2.24) is 4.90 Å². The number of likely N-dealkylation sites (tertiary alicyclic amines) is 1. The fraction of sp³-hybridized carbons (Fsp3) is 0.562. The number of nitrogens with two attached hydrogens (primary N) is 1. The van der Waals surface area contributed by atoms with E-state index in [1.807, 2.05) is 0 Å². The summed E-state index contributed by atoms with van der Waals surface area (Å²) in [6.07, 6.45) is 5.77. The van der Waals surface area contributed by atoms with Crippen LogP contribution in [-0.4, -0.2) is 23.7 Å². The normalized spacial score (nSPS) is 21.1. The molecule has 0 radical (unpaired) electrons. The second-order valence-electron chi connectivity index (χ2n) is 5.73. The molecule has 1 saturated heterocycles. The highest BCUT2D eigenvalue weighted by Gasteiger charge is 2.19. The Hall–Kier alpha value is -1.35. The fourth-order valence-electron chi connectivity index (χ4n) is 2.95. The van der Waals surface area contributed by atoms with Gasteiger partial charge in [-0.25, -0.2) is 0 Å². The molecule has 0 aliphatic carbocycles. The molecule has 0 saturated carbocycles. The van der Waals surface area contributed by atoms with Gasteiger partial charge >= 0.3 is 0 Å². The van der Waals surface area contributed by atoms with Crippen molar-refractivity contribution in [2.24, 2.45) is 10.9 Å². The molecule has 0 spiro atoms. The van der Waals surface area contributed by atoms with Crippen LogP contribution in [0.1, 0.15) is 48.4 Å². The molecule has 1 fully saturated rings. The summed E-state index contributed by atoms with van der Waals surface area (Å²) in [6.45, 7) is 8.90. The lowest BCUT2D eigenvalue weighted by atomic mass is 9.97. The monoisotopic (exact) mass is 259 g/mol. The van der Waals surface area contributed by atoms with Crippen molar-refractivity contribution in [3.05, 3.63) is 34.4 Å². The summed E-state index contributed by atoms with van der Waals surface area (Å²) in [7, 11) is 0. The van der Waals surface area contributed by atoms with Crippen LogP contribution in [-0.2, 0) is 6.54 Å². The van der Waals surface area contributed by atoms with Crippen LogP contribution in [0.2, 0.25) is 0 Å². The molecule has 1 aromatic carbocycles. The van der Waals surface area contributed by atoms with E-state index in [4.69, 9.17) is 5.84 Å². The first-order valence-corrected chi connectivity index (χ1v) is 7.19. The van der Waals surface area contributed by atoms with Crippen molar-refractivity contribution in [3.63, 3.8) is 0 Å². The van der Waals surface area contributed by atoms with E-state index in [0.717, 1.165) is 12.1 Å². The summed E-state index contributed by atoms with van der Waals surface area (Å²) < 4.78 is 0. The van der Waals surface area contributed by atoms with Gasteiger partial charge in [-0.3, -0.25) is 4.90 Å². The number of hydrazone groups is 1. The lowest BCUT2D eigenvalue weighted by Gasteiger charge is -2.34. The second-order valence-corrected chi connectivity index (χ2v) is 5.73. The zero-order valence-electron chi connectivity index (χ0n) is 12.3. The van der Waals surface area contributed by atoms with Crippen LogP contribution in [0.3, 0.4) is 0 Å². The van der Waals surface area contributed by atoms with Gasteiger partial charge in [0.05, 0.1) is 6.21 Å². The second kappa shape index (κ2) is 6.20. The van der Waals surface area contributed by atoms with Crippen LogP contribution in [0.5, 0.6) is 0 Å². The highest BCUT2D eigenvalue weighted by molar-refractivity contribution is 5.82. The van der Waals surface area contributed by atoms with Gasteiger partial charge in [0, 0.05) is 12.6 Å². The molecule has 2 rings (SSSR count). The molecule has 1 unspecified atom stereocenters. The number of nitrogens with zero attached hydrogens (tertiary/aromatic N) is 2. The maximum absolute atomic E-state index is 5.29. The van der Waals surface area contributed by atoms with Crippen LogP contribution in [0.4, 0.5) is 0 Å². The quantitative estimate of drug-likeness (QED) is 0.515. The van der Waals surface area contributed by atoms with E-state index in [0.29, 0.717) is 6.04 Å². The topological polar surface area (TPSA) is 41.6 Å². The molecule has 0 amide bonds. The summed E-state index contributed by atoms with van der Waals surface area (Å²) in [6, 6.07) is 5.14. The molecule has 1 heterocycles. The van der Waals surface area contributed by atoms with Crippen molar-refractivity contribution >= 4 is 6.21 Å². The standard InChI is InChI=1S/C16H25N3/c1-12-8-15(10-18-17)14(3)16(9-12)11-19-7-5-4-6-13(19)2/h8-10,13H,4-7,11,17H2,1-3H3. The molecule has 2 N–H and O–H groups in total. The molecule has 0 bridgehead atoms. The molecular weight excluding hydrogens is 234 g/mol. The summed E-state index contributed by atoms with van der Waals surface area (Å²) in [5.41, 5.74) is 5.13. The molecule has 1 atom stereocenters. The Morgan fingerprint density at radius 2 is 2.16 bits per heavy atom. The van der Waals surface area contributed by atoms with E-state index < -0.39 is 0 Å². The Bertz CT molecular complexity index is 465. The maximum atomic E-state index is 5.29. The highest BCUT2D eigenvalue weighted by Crippen LogP contribution is 2.22. The average Bonchev–Trinajstić information content (AvgIpc) is 2.38. The summed E-state index contributed by atoms with van der Waals surface area (Å²) in [4.78, 5) is 2.59.